The standard InChI is InChI=1S/C18H20N2O3/c1-23-18(22)16-8-4-5-9-20(16)17(21)11-13-10-14-6-2-3-7-15(14)19-12-13/h2-3,6-7,10,12,16H,4-5,8-9,11H2,1H3/t16-/m1/s1. The van der Waals surface area contributed by atoms with E-state index in [2.05, 4.69) is 4.98 Å². The Bertz CT molecular complexity index is 729. The molecule has 1 fully saturated rings. The zero-order valence-electron chi connectivity index (χ0n) is 13.2. The Hall–Kier alpha value is -2.43. The number of amides is 1. The van der Waals surface area contributed by atoms with Gasteiger partial charge in [0.25, 0.3) is 0 Å². The number of ether oxygens (including phenoxy) is 1. The summed E-state index contributed by atoms with van der Waals surface area (Å²) in [6, 6.07) is 9.35. The fourth-order valence-corrected chi connectivity index (χ4v) is 3.10. The van der Waals surface area contributed by atoms with Crippen molar-refractivity contribution in [1.82, 2.24) is 9.88 Å². The zero-order valence-corrected chi connectivity index (χ0v) is 13.2. The molecule has 23 heavy (non-hydrogen) atoms. The van der Waals surface area contributed by atoms with Gasteiger partial charge in [-0.2, -0.15) is 0 Å². The smallest absolute Gasteiger partial charge is 0.328 e. The minimum absolute atomic E-state index is 0.0443. The Morgan fingerprint density at radius 2 is 2.13 bits per heavy atom. The van der Waals surface area contributed by atoms with Crippen molar-refractivity contribution in [3.8, 4) is 0 Å². The van der Waals surface area contributed by atoms with Crippen LogP contribution in [0.25, 0.3) is 10.9 Å². The molecule has 3 rings (SSSR count). The highest BCUT2D eigenvalue weighted by molar-refractivity contribution is 5.87. The lowest BCUT2D eigenvalue weighted by molar-refractivity contribution is -0.154. The van der Waals surface area contributed by atoms with Crippen LogP contribution in [0.4, 0.5) is 0 Å². The highest BCUT2D eigenvalue weighted by Gasteiger charge is 2.32. The molecule has 0 spiro atoms. The van der Waals surface area contributed by atoms with Gasteiger partial charge in [0, 0.05) is 18.1 Å². The van der Waals surface area contributed by atoms with E-state index in [1.165, 1.54) is 7.11 Å². The van der Waals surface area contributed by atoms with E-state index in [0.717, 1.165) is 29.3 Å². The number of para-hydroxylation sites is 1. The van der Waals surface area contributed by atoms with Gasteiger partial charge in [-0.15, -0.1) is 0 Å². The Morgan fingerprint density at radius 1 is 1.30 bits per heavy atom. The summed E-state index contributed by atoms with van der Waals surface area (Å²) in [6.45, 7) is 0.611. The van der Waals surface area contributed by atoms with Gasteiger partial charge in [0.05, 0.1) is 19.0 Å². The van der Waals surface area contributed by atoms with Crippen molar-refractivity contribution in [2.24, 2.45) is 0 Å². The Morgan fingerprint density at radius 3 is 2.96 bits per heavy atom. The first-order valence-electron chi connectivity index (χ1n) is 7.90. The number of piperidine rings is 1. The summed E-state index contributed by atoms with van der Waals surface area (Å²) in [5.74, 6) is -0.369. The lowest BCUT2D eigenvalue weighted by Crippen LogP contribution is -2.49. The molecule has 120 valence electrons. The van der Waals surface area contributed by atoms with Crippen LogP contribution in [-0.2, 0) is 20.7 Å². The number of esters is 1. The summed E-state index contributed by atoms with van der Waals surface area (Å²) >= 11 is 0. The van der Waals surface area contributed by atoms with E-state index >= 15 is 0 Å². The third kappa shape index (κ3) is 3.33. The van der Waals surface area contributed by atoms with Gasteiger partial charge in [-0.1, -0.05) is 18.2 Å². The number of methoxy groups -OCH3 is 1. The van der Waals surface area contributed by atoms with Gasteiger partial charge in [-0.3, -0.25) is 9.78 Å². The predicted octanol–water partition coefficient (Wildman–Crippen LogP) is 2.33. The lowest BCUT2D eigenvalue weighted by Gasteiger charge is -2.33. The minimum Gasteiger partial charge on any atom is -0.467 e. The number of hydrogen-bond acceptors (Lipinski definition) is 4. The second kappa shape index (κ2) is 6.77. The Labute approximate surface area is 135 Å². The van der Waals surface area contributed by atoms with E-state index in [1.807, 2.05) is 30.3 Å². The monoisotopic (exact) mass is 312 g/mol. The topological polar surface area (TPSA) is 59.5 Å². The number of fused-ring (bicyclic) bond motifs is 1. The molecule has 0 N–H and O–H groups in total. The maximum Gasteiger partial charge on any atom is 0.328 e. The molecule has 5 nitrogen and oxygen atoms in total. The van der Waals surface area contributed by atoms with Crippen molar-refractivity contribution in [3.63, 3.8) is 0 Å². The second-order valence-electron chi connectivity index (χ2n) is 5.83. The van der Waals surface area contributed by atoms with Crippen LogP contribution in [0.5, 0.6) is 0 Å². The van der Waals surface area contributed by atoms with Gasteiger partial charge < -0.3 is 9.64 Å². The fraction of sp³-hybridized carbons (Fsp3) is 0.389. The van der Waals surface area contributed by atoms with Crippen molar-refractivity contribution >= 4 is 22.8 Å². The number of likely N-dealkylation sites (tertiary alicyclic amines) is 1. The van der Waals surface area contributed by atoms with Crippen molar-refractivity contribution in [2.75, 3.05) is 13.7 Å². The highest BCUT2D eigenvalue weighted by atomic mass is 16.5. The van der Waals surface area contributed by atoms with Crippen molar-refractivity contribution < 1.29 is 14.3 Å². The molecule has 1 saturated heterocycles. The quantitative estimate of drug-likeness (QED) is 0.816. The number of hydrogen-bond donors (Lipinski definition) is 0. The number of benzene rings is 1. The van der Waals surface area contributed by atoms with Crippen LogP contribution in [0, 0.1) is 0 Å². The maximum atomic E-state index is 12.6. The normalized spacial score (nSPS) is 18.0. The van der Waals surface area contributed by atoms with Crippen LogP contribution in [0.15, 0.2) is 36.5 Å². The van der Waals surface area contributed by atoms with E-state index in [9.17, 15) is 9.59 Å². The van der Waals surface area contributed by atoms with Crippen molar-refractivity contribution in [3.05, 3.63) is 42.1 Å². The highest BCUT2D eigenvalue weighted by Crippen LogP contribution is 2.20. The average Bonchev–Trinajstić information content (AvgIpc) is 2.61. The van der Waals surface area contributed by atoms with Gasteiger partial charge in [-0.05, 0) is 37.0 Å². The average molecular weight is 312 g/mol. The fourth-order valence-electron chi connectivity index (χ4n) is 3.10. The molecule has 0 aliphatic carbocycles. The first-order valence-corrected chi connectivity index (χ1v) is 7.90. The molecule has 1 amide bonds. The zero-order chi connectivity index (χ0) is 16.2. The molecule has 2 heterocycles. The van der Waals surface area contributed by atoms with E-state index in [1.54, 1.807) is 11.1 Å². The number of aromatic nitrogens is 1. The molecule has 0 radical (unpaired) electrons. The van der Waals surface area contributed by atoms with Crippen molar-refractivity contribution in [1.29, 1.82) is 0 Å². The maximum absolute atomic E-state index is 12.6. The van der Waals surface area contributed by atoms with Crippen LogP contribution in [0.2, 0.25) is 0 Å². The van der Waals surface area contributed by atoms with Crippen LogP contribution in [-0.4, -0.2) is 41.5 Å². The van der Waals surface area contributed by atoms with Crippen molar-refractivity contribution in [2.45, 2.75) is 31.7 Å². The Kier molecular flexibility index (Phi) is 4.55. The number of pyridine rings is 1. The van der Waals surface area contributed by atoms with E-state index in [4.69, 9.17) is 4.74 Å². The molecule has 1 aliphatic rings. The van der Waals surface area contributed by atoms with Crippen LogP contribution >= 0.6 is 0 Å². The Balaban J connectivity index is 1.77. The molecule has 0 saturated carbocycles. The van der Waals surface area contributed by atoms with Gasteiger partial charge in [0.2, 0.25) is 5.91 Å². The number of rotatable bonds is 3. The summed E-state index contributed by atoms with van der Waals surface area (Å²) in [4.78, 5) is 30.5. The van der Waals surface area contributed by atoms with E-state index in [0.29, 0.717) is 13.0 Å². The summed E-state index contributed by atoms with van der Waals surface area (Å²) in [7, 11) is 1.37. The molecule has 1 atom stereocenters. The van der Waals surface area contributed by atoms with Gasteiger partial charge in [0.15, 0.2) is 0 Å². The predicted molar refractivity (Wildman–Crippen MR) is 86.8 cm³/mol. The molecule has 1 aromatic carbocycles. The first kappa shape index (κ1) is 15.5. The molecule has 0 unspecified atom stereocenters. The molecule has 2 aromatic rings. The molecule has 5 heteroatoms. The van der Waals surface area contributed by atoms with Gasteiger partial charge in [0.1, 0.15) is 6.04 Å². The second-order valence-corrected chi connectivity index (χ2v) is 5.83. The van der Waals surface area contributed by atoms with E-state index in [-0.39, 0.29) is 18.3 Å². The van der Waals surface area contributed by atoms with Gasteiger partial charge in [-0.25, -0.2) is 4.79 Å². The molecule has 0 bridgehead atoms. The number of nitrogens with zero attached hydrogens (tertiary/aromatic N) is 2. The van der Waals surface area contributed by atoms with Gasteiger partial charge >= 0.3 is 5.97 Å². The SMILES string of the molecule is COC(=O)[C@H]1CCCCN1C(=O)Cc1cnc2ccccc2c1. The first-order chi connectivity index (χ1) is 11.2. The minimum atomic E-state index is -0.449. The van der Waals surface area contributed by atoms with Crippen LogP contribution < -0.4 is 0 Å². The molecular weight excluding hydrogens is 292 g/mol. The molecule has 1 aromatic heterocycles. The third-order valence-electron chi connectivity index (χ3n) is 4.30. The third-order valence-corrected chi connectivity index (χ3v) is 4.30. The molecular formula is C18H20N2O3. The summed E-state index contributed by atoms with van der Waals surface area (Å²) in [5, 5.41) is 1.01. The lowest BCUT2D eigenvalue weighted by atomic mass is 10.0. The van der Waals surface area contributed by atoms with Crippen LogP contribution in [0.1, 0.15) is 24.8 Å². The summed E-state index contributed by atoms with van der Waals surface area (Å²) in [5.41, 5.74) is 1.77. The number of carbonyl (C=O) groups is 2. The molecule has 1 aliphatic heterocycles. The van der Waals surface area contributed by atoms with E-state index < -0.39 is 6.04 Å². The van der Waals surface area contributed by atoms with Crippen LogP contribution in [0.3, 0.4) is 0 Å². The summed E-state index contributed by atoms with van der Waals surface area (Å²) in [6.07, 6.45) is 4.54. The summed E-state index contributed by atoms with van der Waals surface area (Å²) < 4.78 is 4.83. The largest absolute Gasteiger partial charge is 0.467 e. The number of carbonyl (C=O) groups excluding carboxylic acids is 2.